The molecule has 0 amide bonds. The van der Waals surface area contributed by atoms with E-state index in [4.69, 9.17) is 22.1 Å². The number of hydrogen-bond acceptors (Lipinski definition) is 2. The number of halogens is 3. The first-order chi connectivity index (χ1) is 8.97. The van der Waals surface area contributed by atoms with Crippen molar-refractivity contribution < 1.29 is 9.13 Å². The molecule has 0 saturated heterocycles. The Bertz CT molecular complexity index is 604. The van der Waals surface area contributed by atoms with E-state index in [9.17, 15) is 4.39 Å². The van der Waals surface area contributed by atoms with Gasteiger partial charge in [-0.3, -0.25) is 0 Å². The molecule has 0 fully saturated rings. The van der Waals surface area contributed by atoms with E-state index >= 15 is 0 Å². The molecule has 100 valence electrons. The van der Waals surface area contributed by atoms with Gasteiger partial charge in [-0.25, -0.2) is 4.39 Å². The molecule has 5 heteroatoms. The normalized spacial score (nSPS) is 12.3. The van der Waals surface area contributed by atoms with Crippen LogP contribution < -0.4 is 10.5 Å². The smallest absolute Gasteiger partial charge is 0.165 e. The van der Waals surface area contributed by atoms with Crippen LogP contribution in [0.3, 0.4) is 0 Å². The number of nitrogens with two attached hydrogens (primary N) is 1. The lowest BCUT2D eigenvalue weighted by atomic mass is 10.1. The van der Waals surface area contributed by atoms with E-state index in [1.165, 1.54) is 6.07 Å². The minimum Gasteiger partial charge on any atom is -0.453 e. The van der Waals surface area contributed by atoms with Crippen molar-refractivity contribution in [2.45, 2.75) is 13.0 Å². The van der Waals surface area contributed by atoms with Crippen molar-refractivity contribution in [3.8, 4) is 11.5 Å². The summed E-state index contributed by atoms with van der Waals surface area (Å²) in [6.07, 6.45) is 0. The molecule has 2 aromatic carbocycles. The van der Waals surface area contributed by atoms with Gasteiger partial charge in [0.05, 0.1) is 5.02 Å². The quantitative estimate of drug-likeness (QED) is 0.845. The monoisotopic (exact) mass is 343 g/mol. The maximum absolute atomic E-state index is 13.6. The summed E-state index contributed by atoms with van der Waals surface area (Å²) >= 11 is 9.36. The van der Waals surface area contributed by atoms with Crippen LogP contribution in [0.1, 0.15) is 18.5 Å². The third-order valence-electron chi connectivity index (χ3n) is 2.59. The lowest BCUT2D eigenvalue weighted by Gasteiger charge is -2.11. The molecule has 0 heterocycles. The lowest BCUT2D eigenvalue weighted by molar-refractivity contribution is 0.442. The molecule has 0 aliphatic carbocycles. The van der Waals surface area contributed by atoms with E-state index in [2.05, 4.69) is 15.9 Å². The number of hydrogen-bond donors (Lipinski definition) is 1. The van der Waals surface area contributed by atoms with Crippen molar-refractivity contribution in [3.63, 3.8) is 0 Å². The van der Waals surface area contributed by atoms with Crippen LogP contribution >= 0.6 is 27.5 Å². The van der Waals surface area contributed by atoms with E-state index in [0.717, 1.165) is 10.0 Å². The van der Waals surface area contributed by atoms with Crippen LogP contribution in [-0.2, 0) is 0 Å². The Labute approximate surface area is 124 Å². The topological polar surface area (TPSA) is 35.2 Å². The van der Waals surface area contributed by atoms with E-state index in [-0.39, 0.29) is 11.8 Å². The molecular weight excluding hydrogens is 333 g/mol. The number of ether oxygens (including phenoxy) is 1. The third-order valence-corrected chi connectivity index (χ3v) is 3.38. The molecule has 2 rings (SSSR count). The third kappa shape index (κ3) is 3.47. The molecular formula is C14H12BrClFNO. The fourth-order valence-corrected chi connectivity index (χ4v) is 2.12. The van der Waals surface area contributed by atoms with Gasteiger partial charge in [-0.2, -0.15) is 0 Å². The Morgan fingerprint density at radius 3 is 2.58 bits per heavy atom. The van der Waals surface area contributed by atoms with Crippen molar-refractivity contribution in [1.29, 1.82) is 0 Å². The molecule has 19 heavy (non-hydrogen) atoms. The highest BCUT2D eigenvalue weighted by Gasteiger charge is 2.10. The van der Waals surface area contributed by atoms with Gasteiger partial charge in [-0.1, -0.05) is 33.6 Å². The van der Waals surface area contributed by atoms with Crippen molar-refractivity contribution in [2.75, 3.05) is 0 Å². The van der Waals surface area contributed by atoms with Gasteiger partial charge >= 0.3 is 0 Å². The van der Waals surface area contributed by atoms with Crippen molar-refractivity contribution in [3.05, 3.63) is 57.3 Å². The van der Waals surface area contributed by atoms with Gasteiger partial charge < -0.3 is 10.5 Å². The van der Waals surface area contributed by atoms with Gasteiger partial charge in [0, 0.05) is 10.5 Å². The zero-order valence-corrected chi connectivity index (χ0v) is 12.5. The Kier molecular flexibility index (Phi) is 4.45. The van der Waals surface area contributed by atoms with Crippen LogP contribution in [0.2, 0.25) is 5.02 Å². The zero-order chi connectivity index (χ0) is 14.0. The summed E-state index contributed by atoms with van der Waals surface area (Å²) in [6.45, 7) is 1.86. The molecule has 0 bridgehead atoms. The summed E-state index contributed by atoms with van der Waals surface area (Å²) in [4.78, 5) is 0. The zero-order valence-electron chi connectivity index (χ0n) is 10.2. The molecule has 0 spiro atoms. The van der Waals surface area contributed by atoms with Gasteiger partial charge in [-0.15, -0.1) is 0 Å². The molecule has 0 radical (unpaired) electrons. The first-order valence-electron chi connectivity index (χ1n) is 5.65. The second-order valence-corrected chi connectivity index (χ2v) is 5.48. The minimum absolute atomic E-state index is 0.116. The second kappa shape index (κ2) is 5.90. The van der Waals surface area contributed by atoms with Crippen LogP contribution in [0.25, 0.3) is 0 Å². The first kappa shape index (κ1) is 14.3. The van der Waals surface area contributed by atoms with Crippen molar-refractivity contribution in [1.82, 2.24) is 0 Å². The number of rotatable bonds is 3. The maximum atomic E-state index is 13.6. The van der Waals surface area contributed by atoms with Crippen LogP contribution in [-0.4, -0.2) is 0 Å². The highest BCUT2D eigenvalue weighted by Crippen LogP contribution is 2.33. The van der Waals surface area contributed by atoms with Gasteiger partial charge in [0.2, 0.25) is 0 Å². The van der Waals surface area contributed by atoms with Gasteiger partial charge in [0.25, 0.3) is 0 Å². The predicted molar refractivity (Wildman–Crippen MR) is 78.2 cm³/mol. The summed E-state index contributed by atoms with van der Waals surface area (Å²) in [5.41, 5.74) is 6.66. The average molecular weight is 345 g/mol. The fourth-order valence-electron chi connectivity index (χ4n) is 1.56. The Hall–Kier alpha value is -1.10. The van der Waals surface area contributed by atoms with Gasteiger partial charge in [-0.05, 0) is 42.8 Å². The van der Waals surface area contributed by atoms with E-state index in [0.29, 0.717) is 10.8 Å². The van der Waals surface area contributed by atoms with Crippen molar-refractivity contribution in [2.24, 2.45) is 5.73 Å². The molecule has 2 aromatic rings. The fraction of sp³-hybridized carbons (Fsp3) is 0.143. The summed E-state index contributed by atoms with van der Waals surface area (Å²) in [5.74, 6) is 0.0587. The summed E-state index contributed by atoms with van der Waals surface area (Å²) in [7, 11) is 0. The highest BCUT2D eigenvalue weighted by atomic mass is 79.9. The number of benzene rings is 2. The van der Waals surface area contributed by atoms with Crippen LogP contribution in [0.5, 0.6) is 11.5 Å². The molecule has 0 unspecified atom stereocenters. The standard InChI is InChI=1S/C14H12BrClFNO/c1-8(18)9-2-5-13(11(16)6-9)19-14-7-10(15)3-4-12(14)17/h2-8H,18H2,1H3/t8-/m0/s1. The van der Waals surface area contributed by atoms with Gasteiger partial charge in [0.1, 0.15) is 5.75 Å². The van der Waals surface area contributed by atoms with Crippen molar-refractivity contribution >= 4 is 27.5 Å². The molecule has 0 saturated carbocycles. The second-order valence-electron chi connectivity index (χ2n) is 4.16. The maximum Gasteiger partial charge on any atom is 0.165 e. The Morgan fingerprint density at radius 1 is 1.21 bits per heavy atom. The predicted octanol–water partition coefficient (Wildman–Crippen LogP) is 5.05. The Balaban J connectivity index is 2.31. The molecule has 0 aromatic heterocycles. The lowest BCUT2D eigenvalue weighted by Crippen LogP contribution is -2.04. The molecule has 0 aliphatic heterocycles. The van der Waals surface area contributed by atoms with E-state index in [1.54, 1.807) is 24.3 Å². The van der Waals surface area contributed by atoms with Crippen LogP contribution in [0, 0.1) is 5.82 Å². The highest BCUT2D eigenvalue weighted by molar-refractivity contribution is 9.10. The minimum atomic E-state index is -0.449. The van der Waals surface area contributed by atoms with E-state index < -0.39 is 5.82 Å². The van der Waals surface area contributed by atoms with Crippen LogP contribution in [0.15, 0.2) is 40.9 Å². The van der Waals surface area contributed by atoms with Gasteiger partial charge in [0.15, 0.2) is 11.6 Å². The summed E-state index contributed by atoms with van der Waals surface area (Å²) in [6, 6.07) is 9.56. The summed E-state index contributed by atoms with van der Waals surface area (Å²) < 4.78 is 19.8. The first-order valence-corrected chi connectivity index (χ1v) is 6.82. The SMILES string of the molecule is C[C@H](N)c1ccc(Oc2cc(Br)ccc2F)c(Cl)c1. The largest absolute Gasteiger partial charge is 0.453 e. The Morgan fingerprint density at radius 2 is 1.95 bits per heavy atom. The van der Waals surface area contributed by atoms with E-state index in [1.807, 2.05) is 13.0 Å². The molecule has 0 aliphatic rings. The van der Waals surface area contributed by atoms with Crippen LogP contribution in [0.4, 0.5) is 4.39 Å². The molecule has 1 atom stereocenters. The average Bonchev–Trinajstić information content (AvgIpc) is 2.36. The molecule has 2 N–H and O–H groups in total. The summed E-state index contributed by atoms with van der Waals surface area (Å²) in [5, 5.41) is 0.397. The molecule has 2 nitrogen and oxygen atoms in total.